The average Bonchev–Trinajstić information content (AvgIpc) is 2.35. The molecule has 0 spiro atoms. The largest absolute Gasteiger partial charge is 0.480 e. The first-order chi connectivity index (χ1) is 8.44. The summed E-state index contributed by atoms with van der Waals surface area (Å²) in [6.07, 6.45) is 0.589. The minimum atomic E-state index is -3.57. The van der Waals surface area contributed by atoms with Gasteiger partial charge >= 0.3 is 5.97 Å². The summed E-state index contributed by atoms with van der Waals surface area (Å²) < 4.78 is 25.6. The number of aliphatic carboxylic acids is 1. The van der Waals surface area contributed by atoms with E-state index < -0.39 is 22.0 Å². The second-order valence-corrected chi connectivity index (χ2v) is 5.84. The van der Waals surface area contributed by atoms with Gasteiger partial charge in [-0.1, -0.05) is 37.3 Å². The molecule has 0 aliphatic rings. The van der Waals surface area contributed by atoms with Gasteiger partial charge in [0, 0.05) is 0 Å². The third kappa shape index (κ3) is 4.85. The van der Waals surface area contributed by atoms with E-state index in [1.54, 1.807) is 6.92 Å². The average molecular weight is 271 g/mol. The summed E-state index contributed by atoms with van der Waals surface area (Å²) in [6, 6.07) is 8.15. The molecule has 1 atom stereocenters. The highest BCUT2D eigenvalue weighted by molar-refractivity contribution is 7.89. The van der Waals surface area contributed by atoms with E-state index in [1.807, 2.05) is 30.3 Å². The Labute approximate surface area is 107 Å². The molecule has 0 aliphatic carbocycles. The Morgan fingerprint density at radius 1 is 1.33 bits per heavy atom. The fourth-order valence-corrected chi connectivity index (χ4v) is 2.80. The standard InChI is InChI=1S/C12H17NO4S/c1-2-11(12(14)15)13-18(16,17)9-8-10-6-4-3-5-7-10/h3-7,11,13H,2,8-9H2,1H3,(H,14,15)/t11-/m0/s1. The van der Waals surface area contributed by atoms with Crippen molar-refractivity contribution in [3.63, 3.8) is 0 Å². The highest BCUT2D eigenvalue weighted by atomic mass is 32.2. The zero-order valence-corrected chi connectivity index (χ0v) is 11.0. The van der Waals surface area contributed by atoms with Gasteiger partial charge in [-0.2, -0.15) is 0 Å². The highest BCUT2D eigenvalue weighted by Gasteiger charge is 2.21. The Hall–Kier alpha value is -1.40. The molecule has 0 unspecified atom stereocenters. The molecule has 2 N–H and O–H groups in total. The lowest BCUT2D eigenvalue weighted by Crippen LogP contribution is -2.41. The first kappa shape index (κ1) is 14.7. The van der Waals surface area contributed by atoms with Crippen molar-refractivity contribution >= 4 is 16.0 Å². The predicted molar refractivity (Wildman–Crippen MR) is 68.8 cm³/mol. The molecule has 0 fully saturated rings. The summed E-state index contributed by atoms with van der Waals surface area (Å²) >= 11 is 0. The third-order valence-electron chi connectivity index (χ3n) is 2.53. The Balaban J connectivity index is 2.57. The van der Waals surface area contributed by atoms with Crippen LogP contribution in [0.5, 0.6) is 0 Å². The molecule has 0 aliphatic heterocycles. The molecular formula is C12H17NO4S. The smallest absolute Gasteiger partial charge is 0.321 e. The zero-order chi connectivity index (χ0) is 13.6. The number of sulfonamides is 1. The molecule has 0 aromatic heterocycles. The number of hydrogen-bond donors (Lipinski definition) is 2. The van der Waals surface area contributed by atoms with Gasteiger partial charge in [0.2, 0.25) is 10.0 Å². The normalized spacial score (nSPS) is 13.2. The molecule has 5 nitrogen and oxygen atoms in total. The van der Waals surface area contributed by atoms with E-state index in [0.29, 0.717) is 6.42 Å². The second-order valence-electron chi connectivity index (χ2n) is 3.97. The van der Waals surface area contributed by atoms with Gasteiger partial charge in [-0.3, -0.25) is 4.79 Å². The lowest BCUT2D eigenvalue weighted by atomic mass is 10.2. The van der Waals surface area contributed by atoms with E-state index in [-0.39, 0.29) is 12.2 Å². The Morgan fingerprint density at radius 3 is 2.44 bits per heavy atom. The van der Waals surface area contributed by atoms with Crippen molar-refractivity contribution in [3.8, 4) is 0 Å². The van der Waals surface area contributed by atoms with Gasteiger partial charge in [0.05, 0.1) is 5.75 Å². The van der Waals surface area contributed by atoms with Crippen LogP contribution in [0, 0.1) is 0 Å². The monoisotopic (exact) mass is 271 g/mol. The molecule has 1 aromatic rings. The van der Waals surface area contributed by atoms with Crippen LogP contribution in [-0.2, 0) is 21.2 Å². The van der Waals surface area contributed by atoms with Gasteiger partial charge in [0.15, 0.2) is 0 Å². The van der Waals surface area contributed by atoms with Crippen molar-refractivity contribution < 1.29 is 18.3 Å². The van der Waals surface area contributed by atoms with Crippen molar-refractivity contribution in [2.24, 2.45) is 0 Å². The zero-order valence-electron chi connectivity index (χ0n) is 10.2. The molecule has 1 aromatic carbocycles. The fraction of sp³-hybridized carbons (Fsp3) is 0.417. The number of rotatable bonds is 7. The summed E-state index contributed by atoms with van der Waals surface area (Å²) in [5.41, 5.74) is 0.909. The molecule has 0 saturated heterocycles. The fourth-order valence-electron chi connectivity index (χ4n) is 1.48. The quantitative estimate of drug-likeness (QED) is 0.775. The Kier molecular flexibility index (Phi) is 5.30. The van der Waals surface area contributed by atoms with E-state index in [4.69, 9.17) is 5.11 Å². The molecule has 0 saturated carbocycles. The first-order valence-corrected chi connectivity index (χ1v) is 7.36. The molecule has 0 bridgehead atoms. The molecular weight excluding hydrogens is 254 g/mol. The van der Waals surface area contributed by atoms with Gasteiger partial charge < -0.3 is 5.11 Å². The molecule has 0 amide bonds. The number of carboxylic acid groups (broad SMARTS) is 1. The van der Waals surface area contributed by atoms with E-state index in [2.05, 4.69) is 4.72 Å². The maximum absolute atomic E-state index is 11.7. The third-order valence-corrected chi connectivity index (χ3v) is 3.92. The number of hydrogen-bond acceptors (Lipinski definition) is 3. The van der Waals surface area contributed by atoms with Crippen LogP contribution in [0.2, 0.25) is 0 Å². The second kappa shape index (κ2) is 6.51. The molecule has 0 radical (unpaired) electrons. The van der Waals surface area contributed by atoms with Crippen LogP contribution in [-0.4, -0.2) is 31.3 Å². The summed E-state index contributed by atoms with van der Waals surface area (Å²) in [5.74, 6) is -1.26. The van der Waals surface area contributed by atoms with Crippen LogP contribution in [0.3, 0.4) is 0 Å². The lowest BCUT2D eigenvalue weighted by Gasteiger charge is -2.12. The SMILES string of the molecule is CC[C@H](NS(=O)(=O)CCc1ccccc1)C(=O)O. The van der Waals surface area contributed by atoms with Crippen molar-refractivity contribution in [3.05, 3.63) is 35.9 Å². The highest BCUT2D eigenvalue weighted by Crippen LogP contribution is 2.03. The summed E-state index contributed by atoms with van der Waals surface area (Å²) in [4.78, 5) is 10.8. The summed E-state index contributed by atoms with van der Waals surface area (Å²) in [6.45, 7) is 1.62. The van der Waals surface area contributed by atoms with Gasteiger partial charge in [0.25, 0.3) is 0 Å². The van der Waals surface area contributed by atoms with Crippen molar-refractivity contribution in [1.29, 1.82) is 0 Å². The van der Waals surface area contributed by atoms with E-state index in [0.717, 1.165) is 5.56 Å². The number of aryl methyl sites for hydroxylation is 1. The maximum Gasteiger partial charge on any atom is 0.321 e. The van der Waals surface area contributed by atoms with E-state index >= 15 is 0 Å². The Bertz CT molecular complexity index is 484. The van der Waals surface area contributed by atoms with Crippen molar-refractivity contribution in [2.45, 2.75) is 25.8 Å². The van der Waals surface area contributed by atoms with Gasteiger partial charge in [-0.25, -0.2) is 13.1 Å². The summed E-state index contributed by atoms with van der Waals surface area (Å²) in [5, 5.41) is 8.79. The Morgan fingerprint density at radius 2 is 1.94 bits per heavy atom. The van der Waals surface area contributed by atoms with Crippen LogP contribution < -0.4 is 4.72 Å². The minimum Gasteiger partial charge on any atom is -0.480 e. The van der Waals surface area contributed by atoms with Crippen LogP contribution in [0.15, 0.2) is 30.3 Å². The summed E-state index contributed by atoms with van der Waals surface area (Å²) in [7, 11) is -3.57. The number of carbonyl (C=O) groups is 1. The van der Waals surface area contributed by atoms with Crippen LogP contribution in [0.25, 0.3) is 0 Å². The molecule has 1 rings (SSSR count). The predicted octanol–water partition coefficient (Wildman–Crippen LogP) is 1.01. The lowest BCUT2D eigenvalue weighted by molar-refractivity contribution is -0.139. The topological polar surface area (TPSA) is 83.5 Å². The van der Waals surface area contributed by atoms with Crippen molar-refractivity contribution in [2.75, 3.05) is 5.75 Å². The molecule has 18 heavy (non-hydrogen) atoms. The minimum absolute atomic E-state index is 0.110. The number of benzene rings is 1. The first-order valence-electron chi connectivity index (χ1n) is 5.71. The van der Waals surface area contributed by atoms with Crippen LogP contribution >= 0.6 is 0 Å². The van der Waals surface area contributed by atoms with Gasteiger partial charge in [-0.05, 0) is 18.4 Å². The van der Waals surface area contributed by atoms with Crippen LogP contribution in [0.4, 0.5) is 0 Å². The van der Waals surface area contributed by atoms with E-state index in [1.165, 1.54) is 0 Å². The molecule has 0 heterocycles. The molecule has 6 heteroatoms. The maximum atomic E-state index is 11.7. The van der Waals surface area contributed by atoms with E-state index in [9.17, 15) is 13.2 Å². The number of nitrogens with one attached hydrogen (secondary N) is 1. The van der Waals surface area contributed by atoms with Crippen LogP contribution in [0.1, 0.15) is 18.9 Å². The molecule has 100 valence electrons. The van der Waals surface area contributed by atoms with Gasteiger partial charge in [-0.15, -0.1) is 0 Å². The number of carboxylic acids is 1. The van der Waals surface area contributed by atoms with Crippen molar-refractivity contribution in [1.82, 2.24) is 4.72 Å². The van der Waals surface area contributed by atoms with Gasteiger partial charge in [0.1, 0.15) is 6.04 Å².